The number of hydrogen-bond acceptors (Lipinski definition) is 2. The molecule has 3 nitrogen and oxygen atoms in total. The minimum Gasteiger partial charge on any atom is -0.438 e. The third-order valence-electron chi connectivity index (χ3n) is 3.14. The molecule has 0 spiro atoms. The maximum Gasteiger partial charge on any atom is 0.412 e. The van der Waals surface area contributed by atoms with E-state index in [1.807, 2.05) is 13.8 Å². The van der Waals surface area contributed by atoms with Gasteiger partial charge in [0.2, 0.25) is 0 Å². The van der Waals surface area contributed by atoms with E-state index in [1.54, 1.807) is 6.07 Å². The van der Waals surface area contributed by atoms with Gasteiger partial charge >= 0.3 is 6.09 Å². The highest BCUT2D eigenvalue weighted by Crippen LogP contribution is 2.41. The summed E-state index contributed by atoms with van der Waals surface area (Å²) < 4.78 is 18.6. The highest BCUT2D eigenvalue weighted by atomic mass is 19.1. The highest BCUT2D eigenvalue weighted by Gasteiger charge is 2.39. The molecule has 1 aliphatic rings. The van der Waals surface area contributed by atoms with Crippen LogP contribution in [0.5, 0.6) is 0 Å². The molecule has 1 amide bonds. The standard InChI is InChI=1S/C12H14FNO2/c1-3-12(4-2)9-7-8(13)5-6-10(9)14-11(15)16-12/h5-7H,3-4H2,1-2H3,(H,14,15). The molecule has 1 aromatic rings. The molecule has 0 aromatic heterocycles. The molecular weight excluding hydrogens is 209 g/mol. The van der Waals surface area contributed by atoms with E-state index in [0.717, 1.165) is 5.56 Å². The summed E-state index contributed by atoms with van der Waals surface area (Å²) >= 11 is 0. The second kappa shape index (κ2) is 3.77. The summed E-state index contributed by atoms with van der Waals surface area (Å²) in [5, 5.41) is 2.58. The van der Waals surface area contributed by atoms with E-state index >= 15 is 0 Å². The summed E-state index contributed by atoms with van der Waals surface area (Å²) in [6.45, 7) is 3.85. The van der Waals surface area contributed by atoms with Gasteiger partial charge in [0, 0.05) is 5.56 Å². The van der Waals surface area contributed by atoms with Gasteiger partial charge in [0.1, 0.15) is 11.4 Å². The van der Waals surface area contributed by atoms with Gasteiger partial charge in [0.25, 0.3) is 0 Å². The highest BCUT2D eigenvalue weighted by molar-refractivity contribution is 5.88. The van der Waals surface area contributed by atoms with Crippen LogP contribution in [0.2, 0.25) is 0 Å². The molecule has 1 heterocycles. The molecule has 0 aliphatic carbocycles. The van der Waals surface area contributed by atoms with Crippen LogP contribution in [0, 0.1) is 5.82 Å². The molecule has 0 saturated heterocycles. The van der Waals surface area contributed by atoms with Crippen molar-refractivity contribution in [2.24, 2.45) is 0 Å². The van der Waals surface area contributed by atoms with Crippen molar-refractivity contribution in [3.8, 4) is 0 Å². The van der Waals surface area contributed by atoms with Crippen molar-refractivity contribution in [2.45, 2.75) is 32.3 Å². The molecule has 0 unspecified atom stereocenters. The van der Waals surface area contributed by atoms with E-state index < -0.39 is 11.7 Å². The first-order valence-corrected chi connectivity index (χ1v) is 5.41. The Labute approximate surface area is 93.6 Å². The molecule has 0 atom stereocenters. The third-order valence-corrected chi connectivity index (χ3v) is 3.14. The lowest BCUT2D eigenvalue weighted by molar-refractivity contribution is 0.00448. The monoisotopic (exact) mass is 223 g/mol. The van der Waals surface area contributed by atoms with Gasteiger partial charge in [-0.3, -0.25) is 5.32 Å². The molecular formula is C12H14FNO2. The Bertz CT molecular complexity index is 427. The first-order chi connectivity index (χ1) is 7.61. The van der Waals surface area contributed by atoms with Crippen molar-refractivity contribution in [3.63, 3.8) is 0 Å². The number of amides is 1. The number of cyclic esters (lactones) is 1. The summed E-state index contributed by atoms with van der Waals surface area (Å²) in [7, 11) is 0. The number of halogens is 1. The fourth-order valence-corrected chi connectivity index (χ4v) is 2.15. The predicted octanol–water partition coefficient (Wildman–Crippen LogP) is 3.40. The molecule has 2 rings (SSSR count). The SMILES string of the molecule is CCC1(CC)OC(=O)Nc2ccc(F)cc21. The van der Waals surface area contributed by atoms with Gasteiger partial charge in [-0.15, -0.1) is 0 Å². The number of ether oxygens (including phenoxy) is 1. The lowest BCUT2D eigenvalue weighted by Gasteiger charge is -2.37. The lowest BCUT2D eigenvalue weighted by Crippen LogP contribution is -2.38. The Morgan fingerprint density at radius 1 is 1.38 bits per heavy atom. The van der Waals surface area contributed by atoms with Crippen molar-refractivity contribution >= 4 is 11.8 Å². The van der Waals surface area contributed by atoms with Crippen molar-refractivity contribution < 1.29 is 13.9 Å². The molecule has 0 bridgehead atoms. The van der Waals surface area contributed by atoms with Crippen LogP contribution in [0.4, 0.5) is 14.9 Å². The summed E-state index contributed by atoms with van der Waals surface area (Å²) in [5.74, 6) is -0.315. The fraction of sp³-hybridized carbons (Fsp3) is 0.417. The molecule has 1 N–H and O–H groups in total. The Balaban J connectivity index is 2.59. The van der Waals surface area contributed by atoms with Crippen LogP contribution >= 0.6 is 0 Å². The zero-order valence-corrected chi connectivity index (χ0v) is 9.34. The van der Waals surface area contributed by atoms with Crippen LogP contribution in [0.3, 0.4) is 0 Å². The third kappa shape index (κ3) is 1.54. The summed E-state index contributed by atoms with van der Waals surface area (Å²) in [5.41, 5.74) is 0.665. The van der Waals surface area contributed by atoms with Gasteiger partial charge in [0.05, 0.1) is 5.69 Å². The topological polar surface area (TPSA) is 38.3 Å². The molecule has 0 fully saturated rings. The predicted molar refractivity (Wildman–Crippen MR) is 58.8 cm³/mol. The number of anilines is 1. The molecule has 16 heavy (non-hydrogen) atoms. The fourth-order valence-electron chi connectivity index (χ4n) is 2.15. The second-order valence-corrected chi connectivity index (χ2v) is 3.91. The number of carbonyl (C=O) groups excluding carboxylic acids is 1. The van der Waals surface area contributed by atoms with E-state index in [9.17, 15) is 9.18 Å². The van der Waals surface area contributed by atoms with Gasteiger partial charge < -0.3 is 4.74 Å². The average molecular weight is 223 g/mol. The van der Waals surface area contributed by atoms with Gasteiger partial charge in [-0.05, 0) is 31.0 Å². The lowest BCUT2D eigenvalue weighted by atomic mass is 9.86. The smallest absolute Gasteiger partial charge is 0.412 e. The van der Waals surface area contributed by atoms with E-state index in [4.69, 9.17) is 4.74 Å². The average Bonchev–Trinajstić information content (AvgIpc) is 2.28. The zero-order chi connectivity index (χ0) is 11.8. The maximum absolute atomic E-state index is 13.2. The maximum atomic E-state index is 13.2. The summed E-state index contributed by atoms with van der Waals surface area (Å²) in [6.07, 6.45) is 0.795. The minimum atomic E-state index is -0.695. The Kier molecular flexibility index (Phi) is 2.58. The summed E-state index contributed by atoms with van der Waals surface area (Å²) in [6, 6.07) is 4.34. The molecule has 1 aliphatic heterocycles. The Morgan fingerprint density at radius 2 is 2.06 bits per heavy atom. The van der Waals surface area contributed by atoms with Crippen LogP contribution in [0.1, 0.15) is 32.3 Å². The van der Waals surface area contributed by atoms with Gasteiger partial charge in [0.15, 0.2) is 0 Å². The van der Waals surface area contributed by atoms with E-state index in [0.29, 0.717) is 18.5 Å². The van der Waals surface area contributed by atoms with Crippen LogP contribution < -0.4 is 5.32 Å². The van der Waals surface area contributed by atoms with Crippen molar-refractivity contribution in [1.82, 2.24) is 0 Å². The number of nitrogens with one attached hydrogen (secondary N) is 1. The molecule has 0 saturated carbocycles. The van der Waals surface area contributed by atoms with Crippen LogP contribution in [-0.2, 0) is 10.3 Å². The van der Waals surface area contributed by atoms with E-state index in [2.05, 4.69) is 5.32 Å². The van der Waals surface area contributed by atoms with Crippen LogP contribution in [0.15, 0.2) is 18.2 Å². The van der Waals surface area contributed by atoms with Crippen LogP contribution in [-0.4, -0.2) is 6.09 Å². The number of carbonyl (C=O) groups is 1. The number of benzene rings is 1. The molecule has 4 heteroatoms. The quantitative estimate of drug-likeness (QED) is 0.834. The van der Waals surface area contributed by atoms with E-state index in [1.165, 1.54) is 12.1 Å². The van der Waals surface area contributed by atoms with Gasteiger partial charge in [-0.1, -0.05) is 13.8 Å². The zero-order valence-electron chi connectivity index (χ0n) is 9.34. The van der Waals surface area contributed by atoms with Crippen molar-refractivity contribution in [3.05, 3.63) is 29.6 Å². The second-order valence-electron chi connectivity index (χ2n) is 3.91. The van der Waals surface area contributed by atoms with Gasteiger partial charge in [-0.25, -0.2) is 9.18 Å². The number of rotatable bonds is 2. The van der Waals surface area contributed by atoms with Gasteiger partial charge in [-0.2, -0.15) is 0 Å². The minimum absolute atomic E-state index is 0.315. The first kappa shape index (κ1) is 10.9. The largest absolute Gasteiger partial charge is 0.438 e. The molecule has 0 radical (unpaired) electrons. The first-order valence-electron chi connectivity index (χ1n) is 5.41. The molecule has 86 valence electrons. The van der Waals surface area contributed by atoms with E-state index in [-0.39, 0.29) is 5.82 Å². The van der Waals surface area contributed by atoms with Crippen molar-refractivity contribution in [1.29, 1.82) is 0 Å². The normalized spacial score (nSPS) is 17.3. The Hall–Kier alpha value is -1.58. The summed E-state index contributed by atoms with van der Waals surface area (Å²) in [4.78, 5) is 11.4. The number of hydrogen-bond donors (Lipinski definition) is 1. The molecule has 1 aromatic carbocycles. The van der Waals surface area contributed by atoms with Crippen molar-refractivity contribution in [2.75, 3.05) is 5.32 Å². The number of fused-ring (bicyclic) bond motifs is 1. The van der Waals surface area contributed by atoms with Crippen LogP contribution in [0.25, 0.3) is 0 Å². The Morgan fingerprint density at radius 3 is 2.69 bits per heavy atom.